The molecule has 0 saturated carbocycles. The summed E-state index contributed by atoms with van der Waals surface area (Å²) in [5.74, 6) is -1.27. The van der Waals surface area contributed by atoms with Gasteiger partial charge in [0.1, 0.15) is 5.75 Å². The van der Waals surface area contributed by atoms with Crippen molar-refractivity contribution in [2.45, 2.75) is 13.8 Å². The van der Waals surface area contributed by atoms with Crippen molar-refractivity contribution in [3.8, 4) is 16.9 Å². The highest BCUT2D eigenvalue weighted by molar-refractivity contribution is 6.35. The number of para-hydroxylation sites is 2. The van der Waals surface area contributed by atoms with E-state index in [2.05, 4.69) is 11.4 Å². The number of nitrogens with zero attached hydrogens (tertiary/aromatic N) is 1. The number of hydrogen-bond acceptors (Lipinski definition) is 4. The standard InChI is InChI=1S/C30H24N2O4/c1-18-13-19(2)15-21(14-18)23-10-6-11-26(28(23)33)31-17-25-24-9-3-4-12-27(24)32(29(25)34)22-8-5-7-20(16-22)30(35)36/h3-17,31,33H,1-2H3,(H,35,36)/b25-17-. The molecular formula is C30H24N2O4. The Morgan fingerprint density at radius 2 is 1.56 bits per heavy atom. The Hall–Kier alpha value is -4.84. The molecule has 0 bridgehead atoms. The first-order chi connectivity index (χ1) is 17.3. The molecule has 36 heavy (non-hydrogen) atoms. The van der Waals surface area contributed by atoms with Crippen molar-refractivity contribution in [2.75, 3.05) is 10.2 Å². The Kier molecular flexibility index (Phi) is 5.78. The average molecular weight is 477 g/mol. The van der Waals surface area contributed by atoms with Gasteiger partial charge in [-0.15, -0.1) is 0 Å². The topological polar surface area (TPSA) is 89.9 Å². The van der Waals surface area contributed by atoms with Gasteiger partial charge in [-0.05, 0) is 49.7 Å². The van der Waals surface area contributed by atoms with Gasteiger partial charge in [-0.3, -0.25) is 9.69 Å². The van der Waals surface area contributed by atoms with Gasteiger partial charge < -0.3 is 15.5 Å². The number of phenols is 1. The van der Waals surface area contributed by atoms with Crippen molar-refractivity contribution in [2.24, 2.45) is 0 Å². The summed E-state index contributed by atoms with van der Waals surface area (Å²) in [6.45, 7) is 4.03. The number of phenolic OH excluding ortho intramolecular Hbond substituents is 1. The normalized spacial score (nSPS) is 13.7. The fraction of sp³-hybridized carbons (Fsp3) is 0.0667. The lowest BCUT2D eigenvalue weighted by Crippen LogP contribution is -2.21. The molecule has 0 fully saturated rings. The minimum atomic E-state index is -1.06. The monoisotopic (exact) mass is 476 g/mol. The van der Waals surface area contributed by atoms with E-state index in [0.717, 1.165) is 16.7 Å². The maximum absolute atomic E-state index is 13.5. The zero-order chi connectivity index (χ0) is 25.4. The zero-order valence-corrected chi connectivity index (χ0v) is 19.8. The predicted molar refractivity (Wildman–Crippen MR) is 142 cm³/mol. The van der Waals surface area contributed by atoms with E-state index in [0.29, 0.717) is 33.8 Å². The van der Waals surface area contributed by atoms with Gasteiger partial charge in [-0.2, -0.15) is 0 Å². The van der Waals surface area contributed by atoms with Crippen LogP contribution in [0.2, 0.25) is 0 Å². The fourth-order valence-electron chi connectivity index (χ4n) is 4.59. The van der Waals surface area contributed by atoms with Crippen molar-refractivity contribution < 1.29 is 19.8 Å². The second-order valence-corrected chi connectivity index (χ2v) is 8.79. The number of aromatic hydroxyl groups is 1. The number of hydrogen-bond donors (Lipinski definition) is 3. The lowest BCUT2D eigenvalue weighted by molar-refractivity contribution is -0.112. The molecule has 0 aromatic heterocycles. The summed E-state index contributed by atoms with van der Waals surface area (Å²) in [6, 6.07) is 25.2. The van der Waals surface area contributed by atoms with Gasteiger partial charge in [0.15, 0.2) is 0 Å². The number of benzene rings is 4. The Morgan fingerprint density at radius 1 is 0.861 bits per heavy atom. The number of carboxylic acids is 1. The highest BCUT2D eigenvalue weighted by Crippen LogP contribution is 2.42. The summed E-state index contributed by atoms with van der Waals surface area (Å²) in [5.41, 5.74) is 6.61. The lowest BCUT2D eigenvalue weighted by atomic mass is 9.99. The molecule has 1 aliphatic heterocycles. The third kappa shape index (κ3) is 4.09. The van der Waals surface area contributed by atoms with Crippen LogP contribution in [0, 0.1) is 13.8 Å². The maximum atomic E-state index is 13.5. The van der Waals surface area contributed by atoms with Crippen LogP contribution in [-0.2, 0) is 4.79 Å². The molecule has 0 aliphatic carbocycles. The molecule has 6 nitrogen and oxygen atoms in total. The molecule has 1 aliphatic rings. The van der Waals surface area contributed by atoms with Gasteiger partial charge in [0.05, 0.1) is 28.2 Å². The van der Waals surface area contributed by atoms with Crippen LogP contribution in [0.15, 0.2) is 91.1 Å². The Labute approximate surface area is 208 Å². The minimum absolute atomic E-state index is 0.0871. The molecule has 6 heteroatoms. The molecule has 3 N–H and O–H groups in total. The number of carbonyl (C=O) groups excluding carboxylic acids is 1. The molecule has 0 spiro atoms. The molecule has 0 atom stereocenters. The van der Waals surface area contributed by atoms with E-state index < -0.39 is 5.97 Å². The molecule has 0 radical (unpaired) electrons. The van der Waals surface area contributed by atoms with E-state index >= 15 is 0 Å². The van der Waals surface area contributed by atoms with Gasteiger partial charge in [-0.1, -0.05) is 65.7 Å². The van der Waals surface area contributed by atoms with Crippen LogP contribution in [0.25, 0.3) is 16.7 Å². The van der Waals surface area contributed by atoms with E-state index in [4.69, 9.17) is 0 Å². The average Bonchev–Trinajstić information content (AvgIpc) is 3.14. The summed E-state index contributed by atoms with van der Waals surface area (Å²) in [7, 11) is 0. The van der Waals surface area contributed by atoms with E-state index in [1.165, 1.54) is 17.0 Å². The van der Waals surface area contributed by atoms with E-state index in [-0.39, 0.29) is 17.2 Å². The lowest BCUT2D eigenvalue weighted by Gasteiger charge is -2.17. The van der Waals surface area contributed by atoms with Crippen molar-refractivity contribution in [3.63, 3.8) is 0 Å². The number of amides is 1. The second-order valence-electron chi connectivity index (χ2n) is 8.79. The van der Waals surface area contributed by atoms with Crippen LogP contribution in [-0.4, -0.2) is 22.1 Å². The number of carboxylic acid groups (broad SMARTS) is 1. The Morgan fingerprint density at radius 3 is 2.31 bits per heavy atom. The van der Waals surface area contributed by atoms with Gasteiger partial charge in [0.2, 0.25) is 0 Å². The first-order valence-corrected chi connectivity index (χ1v) is 11.5. The van der Waals surface area contributed by atoms with Gasteiger partial charge in [-0.25, -0.2) is 4.79 Å². The van der Waals surface area contributed by atoms with Crippen molar-refractivity contribution in [3.05, 3.63) is 113 Å². The van der Waals surface area contributed by atoms with Crippen LogP contribution in [0.3, 0.4) is 0 Å². The summed E-state index contributed by atoms with van der Waals surface area (Å²) in [6.07, 6.45) is 1.59. The highest BCUT2D eigenvalue weighted by Gasteiger charge is 2.33. The molecule has 0 unspecified atom stereocenters. The molecular weight excluding hydrogens is 452 g/mol. The first kappa shape index (κ1) is 22.9. The number of rotatable bonds is 5. The summed E-state index contributed by atoms with van der Waals surface area (Å²) >= 11 is 0. The number of aryl methyl sites for hydroxylation is 2. The largest absolute Gasteiger partial charge is 0.505 e. The summed E-state index contributed by atoms with van der Waals surface area (Å²) < 4.78 is 0. The zero-order valence-electron chi connectivity index (χ0n) is 19.8. The van der Waals surface area contributed by atoms with Crippen LogP contribution in [0.1, 0.15) is 27.0 Å². The number of carbonyl (C=O) groups is 2. The number of anilines is 3. The Bertz CT molecular complexity index is 1530. The fourth-order valence-corrected chi connectivity index (χ4v) is 4.59. The smallest absolute Gasteiger partial charge is 0.335 e. The summed E-state index contributed by atoms with van der Waals surface area (Å²) in [5, 5.41) is 23.5. The van der Waals surface area contributed by atoms with E-state index in [1.807, 2.05) is 62.4 Å². The molecule has 1 amide bonds. The third-order valence-electron chi connectivity index (χ3n) is 6.16. The van der Waals surface area contributed by atoms with Crippen molar-refractivity contribution in [1.82, 2.24) is 0 Å². The molecule has 0 saturated heterocycles. The highest BCUT2D eigenvalue weighted by atomic mass is 16.4. The van der Waals surface area contributed by atoms with Crippen LogP contribution < -0.4 is 10.2 Å². The second kappa shape index (κ2) is 9.07. The third-order valence-corrected chi connectivity index (χ3v) is 6.16. The van der Waals surface area contributed by atoms with Gasteiger partial charge in [0.25, 0.3) is 5.91 Å². The number of fused-ring (bicyclic) bond motifs is 1. The molecule has 5 rings (SSSR count). The van der Waals surface area contributed by atoms with E-state index in [1.54, 1.807) is 24.4 Å². The quantitative estimate of drug-likeness (QED) is 0.226. The Balaban J connectivity index is 1.52. The van der Waals surface area contributed by atoms with Crippen LogP contribution in [0.5, 0.6) is 5.75 Å². The summed E-state index contributed by atoms with van der Waals surface area (Å²) in [4.78, 5) is 26.5. The van der Waals surface area contributed by atoms with Crippen LogP contribution >= 0.6 is 0 Å². The SMILES string of the molecule is Cc1cc(C)cc(-c2cccc(N/C=C3\C(=O)N(c4cccc(C(=O)O)c4)c4ccccc43)c2O)c1. The van der Waals surface area contributed by atoms with Crippen molar-refractivity contribution >= 4 is 34.5 Å². The minimum Gasteiger partial charge on any atom is -0.505 e. The maximum Gasteiger partial charge on any atom is 0.335 e. The first-order valence-electron chi connectivity index (χ1n) is 11.5. The molecule has 4 aromatic rings. The van der Waals surface area contributed by atoms with E-state index in [9.17, 15) is 19.8 Å². The molecule has 178 valence electrons. The van der Waals surface area contributed by atoms with Gasteiger partial charge in [0, 0.05) is 17.3 Å². The molecule has 4 aromatic carbocycles. The number of aromatic carboxylic acids is 1. The van der Waals surface area contributed by atoms with Crippen LogP contribution in [0.4, 0.5) is 17.1 Å². The van der Waals surface area contributed by atoms with Gasteiger partial charge >= 0.3 is 5.97 Å². The van der Waals surface area contributed by atoms with Crippen molar-refractivity contribution in [1.29, 1.82) is 0 Å². The molecule has 1 heterocycles. The number of nitrogens with one attached hydrogen (secondary N) is 1. The predicted octanol–water partition coefficient (Wildman–Crippen LogP) is 6.51.